The summed E-state index contributed by atoms with van der Waals surface area (Å²) >= 11 is 0. The van der Waals surface area contributed by atoms with Crippen molar-refractivity contribution < 1.29 is 20.5 Å². The summed E-state index contributed by atoms with van der Waals surface area (Å²) in [5.41, 5.74) is 1.36. The number of para-hydroxylation sites is 1. The molecule has 33 heavy (non-hydrogen) atoms. The van der Waals surface area contributed by atoms with Gasteiger partial charge >= 0.3 is 5.97 Å². The van der Waals surface area contributed by atoms with Crippen molar-refractivity contribution in [3.63, 3.8) is 0 Å². The lowest BCUT2D eigenvalue weighted by atomic mass is 10.0. The maximum Gasteiger partial charge on any atom is 0.335 e. The average Bonchev–Trinajstić information content (AvgIpc) is 3.12. The van der Waals surface area contributed by atoms with Crippen LogP contribution in [0.1, 0.15) is 32.7 Å². The maximum absolute atomic E-state index is 13.0. The van der Waals surface area contributed by atoms with E-state index in [4.69, 9.17) is 5.48 Å². The number of aryl methyl sites for hydroxylation is 3. The molecule has 0 unspecified atom stereocenters. The molecule has 3 aromatic carbocycles. The van der Waals surface area contributed by atoms with Crippen molar-refractivity contribution in [1.29, 1.82) is 0 Å². The number of phenolic OH excluding ortho intramolecular Hbond substituents is 1. The van der Waals surface area contributed by atoms with Crippen LogP contribution in [0.5, 0.6) is 5.75 Å². The first-order valence-electron chi connectivity index (χ1n) is 11.9. The van der Waals surface area contributed by atoms with Gasteiger partial charge in [-0.05, 0) is 67.7 Å². The lowest BCUT2D eigenvalue weighted by molar-refractivity contribution is 0.0697. The molecule has 0 atom stereocenters. The summed E-state index contributed by atoms with van der Waals surface area (Å²) in [4.78, 5) is 24.6. The summed E-state index contributed by atoms with van der Waals surface area (Å²) in [6.07, 6.45) is 0. The van der Waals surface area contributed by atoms with E-state index in [-0.39, 0.29) is 22.5 Å². The van der Waals surface area contributed by atoms with E-state index in [1.165, 1.54) is 22.9 Å². The van der Waals surface area contributed by atoms with Crippen LogP contribution in [-0.4, -0.2) is 26.0 Å². The zero-order valence-corrected chi connectivity index (χ0v) is 18.0. The van der Waals surface area contributed by atoms with Crippen molar-refractivity contribution in [2.24, 2.45) is 10.2 Å². The number of nitrogens with one attached hydrogen (secondary N) is 1. The van der Waals surface area contributed by atoms with E-state index < -0.39 is 47.0 Å². The quantitative estimate of drug-likeness (QED) is 0.347. The van der Waals surface area contributed by atoms with E-state index in [0.29, 0.717) is 11.4 Å². The number of aromatic nitrogens is 2. The molecule has 4 rings (SSSR count). The van der Waals surface area contributed by atoms with Gasteiger partial charge in [-0.25, -0.2) is 9.48 Å². The highest BCUT2D eigenvalue weighted by Crippen LogP contribution is 2.38. The summed E-state index contributed by atoms with van der Waals surface area (Å²) < 4.78 is 33.5. The van der Waals surface area contributed by atoms with Crippen molar-refractivity contribution in [3.8, 4) is 22.6 Å². The fraction of sp³-hybridized carbons (Fsp3) is 0.120. The minimum atomic E-state index is -1.59. The predicted octanol–water partition coefficient (Wildman–Crippen LogP) is 5.58. The van der Waals surface area contributed by atoms with Crippen molar-refractivity contribution in [3.05, 3.63) is 93.3 Å². The average molecular weight is 446 g/mol. The molecule has 166 valence electrons. The highest BCUT2D eigenvalue weighted by atomic mass is 16.4. The molecular weight excluding hydrogens is 420 g/mol. The van der Waals surface area contributed by atoms with Crippen LogP contribution >= 0.6 is 0 Å². The van der Waals surface area contributed by atoms with Crippen molar-refractivity contribution in [2.45, 2.75) is 20.8 Å². The Bertz CT molecular complexity index is 1670. The number of phenols is 1. The van der Waals surface area contributed by atoms with Gasteiger partial charge in [-0.3, -0.25) is 9.89 Å². The normalized spacial score (nSPS) is 12.9. The molecule has 1 aromatic heterocycles. The number of carboxylic acid groups (broad SMARTS) is 1. The van der Waals surface area contributed by atoms with Crippen LogP contribution in [0.4, 0.5) is 11.4 Å². The third-order valence-electron chi connectivity index (χ3n) is 5.17. The highest BCUT2D eigenvalue weighted by Gasteiger charge is 2.14. The number of carbonyl (C=O) groups is 1. The van der Waals surface area contributed by atoms with Gasteiger partial charge in [0.05, 0.1) is 22.4 Å². The van der Waals surface area contributed by atoms with Gasteiger partial charge in [0, 0.05) is 5.56 Å². The van der Waals surface area contributed by atoms with Gasteiger partial charge in [-0.2, -0.15) is 0 Å². The molecule has 8 heteroatoms. The van der Waals surface area contributed by atoms with E-state index >= 15 is 0 Å². The number of nitrogens with zero attached hydrogens (tertiary/aromatic N) is 3. The number of rotatable bonds is 5. The summed E-state index contributed by atoms with van der Waals surface area (Å²) in [7, 11) is 0. The zero-order chi connectivity index (χ0) is 27.2. The third kappa shape index (κ3) is 4.18. The number of hydrogen-bond acceptors (Lipinski definition) is 5. The molecular formula is C25H22N4O4. The minimum absolute atomic E-state index is 0.00515. The van der Waals surface area contributed by atoms with Gasteiger partial charge < -0.3 is 10.2 Å². The first-order valence-corrected chi connectivity index (χ1v) is 9.91. The Morgan fingerprint density at radius 1 is 1.09 bits per heavy atom. The second kappa shape index (κ2) is 8.58. The molecule has 1 heterocycles. The monoisotopic (exact) mass is 446 g/mol. The van der Waals surface area contributed by atoms with Gasteiger partial charge in [0.25, 0.3) is 5.56 Å². The zero-order valence-electron chi connectivity index (χ0n) is 22.0. The number of aromatic amines is 1. The first kappa shape index (κ1) is 17.1. The third-order valence-corrected chi connectivity index (χ3v) is 5.17. The molecule has 0 spiro atoms. The van der Waals surface area contributed by atoms with Crippen LogP contribution in [0.2, 0.25) is 0 Å². The number of carboxylic acids is 1. The van der Waals surface area contributed by atoms with Gasteiger partial charge in [0.2, 0.25) is 0 Å². The molecule has 0 saturated heterocycles. The van der Waals surface area contributed by atoms with Gasteiger partial charge in [0.15, 0.2) is 11.4 Å². The van der Waals surface area contributed by atoms with E-state index in [0.717, 1.165) is 11.1 Å². The largest absolute Gasteiger partial charge is 0.505 e. The lowest BCUT2D eigenvalue weighted by Gasteiger charge is -2.07. The Balaban J connectivity index is 1.80. The number of hydrogen-bond donors (Lipinski definition) is 3. The van der Waals surface area contributed by atoms with E-state index in [1.807, 2.05) is 26.0 Å². The Morgan fingerprint density at radius 3 is 2.61 bits per heavy atom. The number of aromatic hydroxyl groups is 1. The molecule has 0 aliphatic carbocycles. The fourth-order valence-corrected chi connectivity index (χ4v) is 3.20. The Hall–Kier alpha value is -4.46. The standard InChI is InChI=1S/C25H22N4O4/c1-14-10-11-19(12-15(14)2)29-24(31)22(16(3)28-29)27-26-21-9-5-8-20(23(21)30)17-6-4-7-18(13-17)25(32)33/h4-13,28,30H,1-3H3,(H,32,33)/i4D,6D,7D,13D. The Labute approximate surface area is 195 Å². The first-order chi connectivity index (χ1) is 17.4. The number of H-pyrrole nitrogens is 1. The van der Waals surface area contributed by atoms with Gasteiger partial charge in [0.1, 0.15) is 5.69 Å². The van der Waals surface area contributed by atoms with Gasteiger partial charge in [-0.15, -0.1) is 10.2 Å². The second-order valence-corrected chi connectivity index (χ2v) is 7.42. The summed E-state index contributed by atoms with van der Waals surface area (Å²) in [6, 6.07) is 7.00. The smallest absolute Gasteiger partial charge is 0.335 e. The molecule has 0 aliphatic heterocycles. The summed E-state index contributed by atoms with van der Waals surface area (Å²) in [6.45, 7) is 5.54. The SMILES string of the molecule is [2H]c1c([2H])c(C(=O)O)c([2H])c(-c2cccc(N=Nc3c(C)[nH]n(-c4ccc(C)c(C)c4)c3=O)c2O)c1[2H]. The molecule has 0 bridgehead atoms. The summed E-state index contributed by atoms with van der Waals surface area (Å²) in [5.74, 6) is -2.12. The lowest BCUT2D eigenvalue weighted by Crippen LogP contribution is -2.14. The van der Waals surface area contributed by atoms with E-state index in [9.17, 15) is 19.8 Å². The van der Waals surface area contributed by atoms with Crippen molar-refractivity contribution in [2.75, 3.05) is 0 Å². The molecule has 3 N–H and O–H groups in total. The Morgan fingerprint density at radius 2 is 1.88 bits per heavy atom. The topological polar surface area (TPSA) is 120 Å². The Kier molecular flexibility index (Phi) is 4.46. The van der Waals surface area contributed by atoms with Crippen LogP contribution < -0.4 is 5.56 Å². The number of aromatic carboxylic acids is 1. The fourth-order valence-electron chi connectivity index (χ4n) is 3.20. The van der Waals surface area contributed by atoms with E-state index in [1.54, 1.807) is 13.0 Å². The minimum Gasteiger partial charge on any atom is -0.505 e. The predicted molar refractivity (Wildman–Crippen MR) is 125 cm³/mol. The van der Waals surface area contributed by atoms with Crippen LogP contribution in [0.15, 0.2) is 75.6 Å². The van der Waals surface area contributed by atoms with E-state index in [2.05, 4.69) is 15.3 Å². The number of benzene rings is 3. The molecule has 0 aliphatic rings. The van der Waals surface area contributed by atoms with Crippen LogP contribution in [-0.2, 0) is 0 Å². The molecule has 0 amide bonds. The van der Waals surface area contributed by atoms with Crippen molar-refractivity contribution in [1.82, 2.24) is 9.78 Å². The van der Waals surface area contributed by atoms with Crippen LogP contribution in [0, 0.1) is 20.8 Å². The highest BCUT2D eigenvalue weighted by molar-refractivity contribution is 5.90. The molecule has 8 nitrogen and oxygen atoms in total. The molecule has 0 radical (unpaired) electrons. The molecule has 4 aromatic rings. The molecule has 0 saturated carbocycles. The van der Waals surface area contributed by atoms with Crippen molar-refractivity contribution >= 4 is 17.3 Å². The van der Waals surface area contributed by atoms with Crippen LogP contribution in [0.3, 0.4) is 0 Å². The molecule has 0 fully saturated rings. The maximum atomic E-state index is 13.0. The summed E-state index contributed by atoms with van der Waals surface area (Å²) in [5, 5.41) is 31.3. The van der Waals surface area contributed by atoms with Crippen LogP contribution in [0.25, 0.3) is 16.8 Å². The number of azo groups is 1. The second-order valence-electron chi connectivity index (χ2n) is 7.42. The van der Waals surface area contributed by atoms with Gasteiger partial charge in [-0.1, -0.05) is 30.3 Å².